The summed E-state index contributed by atoms with van der Waals surface area (Å²) >= 11 is 0. The molecule has 2 rings (SSSR count). The number of nitriles is 2. The molecule has 0 aromatic carbocycles. The number of hydrogen-bond acceptors (Lipinski definition) is 6. The third-order valence-electron chi connectivity index (χ3n) is 2.64. The van der Waals surface area contributed by atoms with Crippen LogP contribution in [0.4, 0.5) is 0 Å². The van der Waals surface area contributed by atoms with Gasteiger partial charge in [-0.2, -0.15) is 10.5 Å². The minimum absolute atomic E-state index is 0.00378. The van der Waals surface area contributed by atoms with E-state index in [1.807, 2.05) is 36.4 Å². The molecule has 2 heterocycles. The van der Waals surface area contributed by atoms with Gasteiger partial charge in [-0.05, 0) is 24.3 Å². The summed E-state index contributed by atoms with van der Waals surface area (Å²) in [4.78, 5) is 12.2. The van der Waals surface area contributed by atoms with Gasteiger partial charge in [0.25, 0.3) is 0 Å². The molecule has 0 spiro atoms. The Morgan fingerprint density at radius 2 is 1.86 bits per heavy atom. The largest absolute Gasteiger partial charge is 0.368 e. The van der Waals surface area contributed by atoms with Gasteiger partial charge in [-0.25, -0.2) is 4.99 Å². The number of nitrogens with zero attached hydrogens (tertiary/aromatic N) is 5. The van der Waals surface area contributed by atoms with E-state index in [0.717, 1.165) is 5.69 Å². The van der Waals surface area contributed by atoms with Gasteiger partial charge in [0, 0.05) is 12.4 Å². The van der Waals surface area contributed by atoms with Gasteiger partial charge in [-0.1, -0.05) is 12.1 Å². The molecule has 0 amide bonds. The number of allylic oxidation sites excluding steroid dienone is 2. The monoisotopic (exact) mass is 288 g/mol. The van der Waals surface area contributed by atoms with Gasteiger partial charge in [0.2, 0.25) is 0 Å². The molecule has 0 unspecified atom stereocenters. The molecule has 0 atom stereocenters. The Morgan fingerprint density at radius 1 is 1.09 bits per heavy atom. The van der Waals surface area contributed by atoms with Crippen LogP contribution in [0.3, 0.4) is 0 Å². The lowest BCUT2D eigenvalue weighted by atomic mass is 10.3. The molecule has 106 valence electrons. The van der Waals surface area contributed by atoms with Crippen molar-refractivity contribution in [3.05, 3.63) is 71.6 Å². The van der Waals surface area contributed by atoms with E-state index in [9.17, 15) is 5.26 Å². The van der Waals surface area contributed by atoms with Crippen molar-refractivity contribution in [1.29, 1.82) is 10.5 Å². The molecule has 6 nitrogen and oxygen atoms in total. The fourth-order valence-electron chi connectivity index (χ4n) is 1.59. The second-order valence-corrected chi connectivity index (χ2v) is 4.13. The highest BCUT2D eigenvalue weighted by molar-refractivity contribution is 5.78. The van der Waals surface area contributed by atoms with Crippen LogP contribution in [0.2, 0.25) is 0 Å². The van der Waals surface area contributed by atoms with Crippen LogP contribution in [-0.2, 0) is 6.54 Å². The first kappa shape index (κ1) is 14.9. The Labute approximate surface area is 128 Å². The molecule has 0 aliphatic rings. The maximum absolute atomic E-state index is 9.17. The first-order chi connectivity index (χ1) is 10.8. The zero-order valence-corrected chi connectivity index (χ0v) is 11.6. The number of nitrogens with one attached hydrogen (secondary N) is 1. The Morgan fingerprint density at radius 3 is 2.45 bits per heavy atom. The predicted octanol–water partition coefficient (Wildman–Crippen LogP) is 1.94. The van der Waals surface area contributed by atoms with E-state index >= 15 is 0 Å². The molecule has 0 saturated carbocycles. The van der Waals surface area contributed by atoms with Crippen LogP contribution >= 0.6 is 0 Å². The Balaban J connectivity index is 2.14. The fraction of sp³-hybridized carbons (Fsp3) is 0.0625. The van der Waals surface area contributed by atoms with Gasteiger partial charge in [0.1, 0.15) is 12.1 Å². The molecule has 0 saturated heterocycles. The molecular formula is C16H12N6. The lowest BCUT2D eigenvalue weighted by Gasteiger charge is -2.04. The molecule has 22 heavy (non-hydrogen) atoms. The van der Waals surface area contributed by atoms with Crippen molar-refractivity contribution in [3.63, 3.8) is 0 Å². The van der Waals surface area contributed by atoms with Crippen LogP contribution in [0.5, 0.6) is 0 Å². The number of pyridine rings is 2. The van der Waals surface area contributed by atoms with Gasteiger partial charge in [-0.15, -0.1) is 0 Å². The second-order valence-electron chi connectivity index (χ2n) is 4.13. The number of aromatic nitrogens is 2. The standard InChI is InChI=1S/C16H12N6/c17-9-15(21-11-13-5-1-3-7-19-13)16(10-18)22-12-14-6-2-4-8-20-14/h1-8,11,22H,12H2/b16-15+,21-11?. The Hall–Kier alpha value is -3.51. The zero-order valence-electron chi connectivity index (χ0n) is 11.6. The van der Waals surface area contributed by atoms with Crippen LogP contribution in [0, 0.1) is 22.7 Å². The van der Waals surface area contributed by atoms with Crippen LogP contribution in [0.15, 0.2) is 65.2 Å². The minimum Gasteiger partial charge on any atom is -0.368 e. The van der Waals surface area contributed by atoms with Gasteiger partial charge in [0.15, 0.2) is 11.4 Å². The fourth-order valence-corrected chi connectivity index (χ4v) is 1.59. The van der Waals surface area contributed by atoms with E-state index in [2.05, 4.69) is 20.3 Å². The lowest BCUT2D eigenvalue weighted by Crippen LogP contribution is -2.14. The summed E-state index contributed by atoms with van der Waals surface area (Å²) in [6, 6.07) is 14.7. The first-order valence-electron chi connectivity index (χ1n) is 6.47. The highest BCUT2D eigenvalue weighted by Crippen LogP contribution is 2.04. The molecule has 0 aliphatic heterocycles. The summed E-state index contributed by atoms with van der Waals surface area (Å²) in [5.41, 5.74) is 1.47. The normalized spacial score (nSPS) is 11.4. The van der Waals surface area contributed by atoms with Crippen molar-refractivity contribution < 1.29 is 0 Å². The van der Waals surface area contributed by atoms with E-state index < -0.39 is 0 Å². The SMILES string of the molecule is N#C/C(N=Cc1ccccn1)=C(/C#N)NCc1ccccn1. The maximum Gasteiger partial charge on any atom is 0.174 e. The lowest BCUT2D eigenvalue weighted by molar-refractivity contribution is 0.801. The van der Waals surface area contributed by atoms with Gasteiger partial charge in [0.05, 0.1) is 24.1 Å². The summed E-state index contributed by atoms with van der Waals surface area (Å²) in [6.45, 7) is 0.341. The summed E-state index contributed by atoms with van der Waals surface area (Å²) in [6.07, 6.45) is 4.73. The average Bonchev–Trinajstić information content (AvgIpc) is 2.59. The average molecular weight is 288 g/mol. The predicted molar refractivity (Wildman–Crippen MR) is 81.2 cm³/mol. The Bertz CT molecular complexity index is 751. The van der Waals surface area contributed by atoms with Crippen LogP contribution < -0.4 is 5.32 Å². The first-order valence-corrected chi connectivity index (χ1v) is 6.47. The highest BCUT2D eigenvalue weighted by atomic mass is 14.9. The molecule has 0 bridgehead atoms. The molecule has 0 aliphatic carbocycles. The smallest absolute Gasteiger partial charge is 0.174 e. The topological polar surface area (TPSA) is 97.8 Å². The van der Waals surface area contributed by atoms with Crippen LogP contribution in [-0.4, -0.2) is 16.2 Å². The van der Waals surface area contributed by atoms with Crippen molar-refractivity contribution in [2.45, 2.75) is 6.54 Å². The molecule has 2 aromatic heterocycles. The van der Waals surface area contributed by atoms with E-state index in [1.54, 1.807) is 24.5 Å². The second kappa shape index (κ2) is 7.93. The van der Waals surface area contributed by atoms with Gasteiger partial charge >= 0.3 is 0 Å². The van der Waals surface area contributed by atoms with E-state index in [-0.39, 0.29) is 11.4 Å². The molecule has 0 fully saturated rings. The highest BCUT2D eigenvalue weighted by Gasteiger charge is 2.05. The third-order valence-corrected chi connectivity index (χ3v) is 2.64. The maximum atomic E-state index is 9.17. The summed E-state index contributed by atoms with van der Waals surface area (Å²) < 4.78 is 0. The molecule has 1 N–H and O–H groups in total. The van der Waals surface area contributed by atoms with Gasteiger partial charge in [-0.3, -0.25) is 9.97 Å². The van der Waals surface area contributed by atoms with E-state index in [4.69, 9.17) is 5.26 Å². The molecule has 0 radical (unpaired) electrons. The minimum atomic E-state index is 0.00378. The molecular weight excluding hydrogens is 276 g/mol. The quantitative estimate of drug-likeness (QED) is 0.669. The van der Waals surface area contributed by atoms with E-state index in [0.29, 0.717) is 12.2 Å². The molecule has 2 aromatic rings. The van der Waals surface area contributed by atoms with Crippen molar-refractivity contribution in [2.75, 3.05) is 0 Å². The molecule has 6 heteroatoms. The number of hydrogen-bond donors (Lipinski definition) is 1. The van der Waals surface area contributed by atoms with Crippen molar-refractivity contribution in [3.8, 4) is 12.1 Å². The van der Waals surface area contributed by atoms with Crippen LogP contribution in [0.25, 0.3) is 0 Å². The third kappa shape index (κ3) is 4.26. The summed E-state index contributed by atoms with van der Waals surface area (Å²) in [5, 5.41) is 21.2. The van der Waals surface area contributed by atoms with Crippen LogP contribution in [0.1, 0.15) is 11.4 Å². The summed E-state index contributed by atoms with van der Waals surface area (Å²) in [7, 11) is 0. The number of rotatable bonds is 5. The Kier molecular flexibility index (Phi) is 5.37. The van der Waals surface area contributed by atoms with Crippen molar-refractivity contribution >= 4 is 6.21 Å². The van der Waals surface area contributed by atoms with Crippen molar-refractivity contribution in [2.24, 2.45) is 4.99 Å². The van der Waals surface area contributed by atoms with Crippen molar-refractivity contribution in [1.82, 2.24) is 15.3 Å². The number of aliphatic imine (C=N–C) groups is 1. The summed E-state index contributed by atoms with van der Waals surface area (Å²) in [5.74, 6) is 0. The van der Waals surface area contributed by atoms with E-state index in [1.165, 1.54) is 6.21 Å². The van der Waals surface area contributed by atoms with Gasteiger partial charge < -0.3 is 5.32 Å². The zero-order chi connectivity index (χ0) is 15.6.